The zero-order valence-electron chi connectivity index (χ0n) is 15.3. The molecule has 7 heteroatoms. The first-order chi connectivity index (χ1) is 11.9. The summed E-state index contributed by atoms with van der Waals surface area (Å²) in [6.45, 7) is 9.23. The van der Waals surface area contributed by atoms with Gasteiger partial charge >= 0.3 is 0 Å². The number of nitrogens with one attached hydrogen (secondary N) is 1. The van der Waals surface area contributed by atoms with Gasteiger partial charge < -0.3 is 25.1 Å². The first kappa shape index (κ1) is 16.8. The lowest BCUT2D eigenvalue weighted by atomic mass is 10.1. The maximum atomic E-state index is 6.28. The van der Waals surface area contributed by atoms with Gasteiger partial charge in [-0.05, 0) is 26.3 Å². The van der Waals surface area contributed by atoms with E-state index in [-0.39, 0.29) is 18.2 Å². The fourth-order valence-electron chi connectivity index (χ4n) is 4.17. The van der Waals surface area contributed by atoms with Crippen LogP contribution >= 0.6 is 0 Å². The third-order valence-electron chi connectivity index (χ3n) is 5.24. The molecule has 0 spiro atoms. The van der Waals surface area contributed by atoms with Gasteiger partial charge in [-0.15, -0.1) is 0 Å². The number of nitrogens with two attached hydrogens (primary N) is 1. The van der Waals surface area contributed by atoms with Crippen LogP contribution < -0.4 is 11.1 Å². The lowest BCUT2D eigenvalue weighted by Gasteiger charge is -2.25. The summed E-state index contributed by atoms with van der Waals surface area (Å²) in [4.78, 5) is 8.54. The summed E-state index contributed by atoms with van der Waals surface area (Å²) in [5.74, 6) is 0.358. The van der Waals surface area contributed by atoms with Gasteiger partial charge in [-0.25, -0.2) is 9.97 Å². The van der Waals surface area contributed by atoms with E-state index in [4.69, 9.17) is 15.2 Å². The van der Waals surface area contributed by atoms with Crippen LogP contribution in [0.4, 0.5) is 5.82 Å². The van der Waals surface area contributed by atoms with Crippen LogP contribution in [-0.4, -0.2) is 45.1 Å². The van der Waals surface area contributed by atoms with Crippen molar-refractivity contribution in [3.05, 3.63) is 18.6 Å². The molecule has 0 aromatic carbocycles. The number of nitrogens with zero attached hydrogens (tertiary/aromatic N) is 3. The molecule has 3 heterocycles. The summed E-state index contributed by atoms with van der Waals surface area (Å²) < 4.78 is 14.7. The average Bonchev–Trinajstić information content (AvgIpc) is 3.17. The van der Waals surface area contributed by atoms with Crippen molar-refractivity contribution < 1.29 is 9.47 Å². The van der Waals surface area contributed by atoms with Crippen molar-refractivity contribution in [2.24, 2.45) is 5.92 Å². The lowest BCUT2D eigenvalue weighted by molar-refractivity contribution is -0.160. The molecule has 1 saturated carbocycles. The van der Waals surface area contributed by atoms with Crippen molar-refractivity contribution >= 4 is 16.9 Å². The Balaban J connectivity index is 1.67. The molecule has 7 nitrogen and oxygen atoms in total. The maximum Gasteiger partial charge on any atom is 0.163 e. The average molecular weight is 345 g/mol. The fraction of sp³-hybridized carbons (Fsp3) is 0.667. The van der Waals surface area contributed by atoms with Gasteiger partial charge in [-0.1, -0.05) is 13.8 Å². The molecule has 1 aliphatic carbocycles. The molecule has 1 saturated heterocycles. The first-order valence-electron chi connectivity index (χ1n) is 9.02. The van der Waals surface area contributed by atoms with Crippen molar-refractivity contribution in [2.45, 2.75) is 64.2 Å². The number of ether oxygens (including phenoxy) is 2. The molecule has 1 aliphatic heterocycles. The number of anilines is 1. The van der Waals surface area contributed by atoms with Gasteiger partial charge in [-0.2, -0.15) is 0 Å². The second-order valence-electron chi connectivity index (χ2n) is 7.91. The van der Waals surface area contributed by atoms with Crippen LogP contribution in [0.3, 0.4) is 0 Å². The van der Waals surface area contributed by atoms with Crippen LogP contribution in [0.5, 0.6) is 0 Å². The Bertz CT molecular complexity index is 772. The highest BCUT2D eigenvalue weighted by atomic mass is 16.8. The quantitative estimate of drug-likeness (QED) is 0.882. The molecule has 0 bridgehead atoms. The highest BCUT2D eigenvalue weighted by molar-refractivity contribution is 5.86. The smallest absolute Gasteiger partial charge is 0.163 e. The molecule has 0 radical (unpaired) electrons. The number of nitrogen functional groups attached to an aromatic ring is 1. The van der Waals surface area contributed by atoms with Crippen LogP contribution in [0.1, 0.15) is 40.2 Å². The largest absolute Gasteiger partial charge is 0.383 e. The normalized spacial score (nSPS) is 31.1. The highest BCUT2D eigenvalue weighted by Gasteiger charge is 2.54. The predicted molar refractivity (Wildman–Crippen MR) is 96.0 cm³/mol. The minimum Gasteiger partial charge on any atom is -0.383 e. The molecule has 2 aromatic heterocycles. The van der Waals surface area contributed by atoms with Gasteiger partial charge in [0.05, 0.1) is 17.5 Å². The SMILES string of the molecule is CC(C)NC[C@H]1CC(n2ccc3c(N)ncnc32)C2OC(C)(C)O[C@@H]21. The second-order valence-corrected chi connectivity index (χ2v) is 7.91. The van der Waals surface area contributed by atoms with Crippen molar-refractivity contribution in [1.82, 2.24) is 19.9 Å². The summed E-state index contributed by atoms with van der Waals surface area (Å²) in [6.07, 6.45) is 4.65. The van der Waals surface area contributed by atoms with Crippen molar-refractivity contribution in [3.8, 4) is 0 Å². The monoisotopic (exact) mass is 345 g/mol. The number of hydrogen-bond acceptors (Lipinski definition) is 6. The summed E-state index contributed by atoms with van der Waals surface area (Å²) >= 11 is 0. The molecule has 4 rings (SSSR count). The van der Waals surface area contributed by atoms with Crippen LogP contribution in [0.15, 0.2) is 18.6 Å². The van der Waals surface area contributed by atoms with E-state index in [9.17, 15) is 0 Å². The predicted octanol–water partition coefficient (Wildman–Crippen LogP) is 2.09. The standard InChI is InChI=1S/C18H27N5O2/c1-10(2)20-8-11-7-13(15-14(11)24-18(3,4)25-15)23-6-5-12-16(19)21-9-22-17(12)23/h5-6,9-11,13-15,20H,7-8H2,1-4H3,(H2,19,21,22)/t11-,13?,14-,15?/m1/s1. The zero-order valence-corrected chi connectivity index (χ0v) is 15.3. The van der Waals surface area contributed by atoms with Gasteiger partial charge in [0, 0.05) is 24.7 Å². The zero-order chi connectivity index (χ0) is 17.8. The molecule has 136 valence electrons. The number of aromatic nitrogens is 3. The number of rotatable bonds is 4. The summed E-state index contributed by atoms with van der Waals surface area (Å²) in [5.41, 5.74) is 6.86. The summed E-state index contributed by atoms with van der Waals surface area (Å²) in [7, 11) is 0. The molecule has 2 aromatic rings. The molecule has 4 atom stereocenters. The summed E-state index contributed by atoms with van der Waals surface area (Å²) in [5, 5.41) is 4.44. The van der Waals surface area contributed by atoms with E-state index in [1.54, 1.807) is 0 Å². The van der Waals surface area contributed by atoms with Crippen molar-refractivity contribution in [1.29, 1.82) is 0 Å². The van der Waals surface area contributed by atoms with Crippen LogP contribution in [0, 0.1) is 5.92 Å². The van der Waals surface area contributed by atoms with E-state index in [1.165, 1.54) is 6.33 Å². The van der Waals surface area contributed by atoms with Gasteiger partial charge in [0.25, 0.3) is 0 Å². The van der Waals surface area contributed by atoms with Gasteiger partial charge in [0.15, 0.2) is 5.79 Å². The van der Waals surface area contributed by atoms with E-state index < -0.39 is 5.79 Å². The minimum absolute atomic E-state index is 0.0146. The summed E-state index contributed by atoms with van der Waals surface area (Å²) in [6, 6.07) is 2.62. The van der Waals surface area contributed by atoms with Crippen LogP contribution in [-0.2, 0) is 9.47 Å². The van der Waals surface area contributed by atoms with Crippen molar-refractivity contribution in [2.75, 3.05) is 12.3 Å². The third kappa shape index (κ3) is 2.90. The molecule has 25 heavy (non-hydrogen) atoms. The van der Waals surface area contributed by atoms with Crippen molar-refractivity contribution in [3.63, 3.8) is 0 Å². The Morgan fingerprint density at radius 3 is 2.84 bits per heavy atom. The molecule has 2 unspecified atom stereocenters. The second kappa shape index (κ2) is 5.93. The van der Waals surface area contributed by atoms with E-state index >= 15 is 0 Å². The molecule has 0 amide bonds. The van der Waals surface area contributed by atoms with E-state index in [1.807, 2.05) is 26.1 Å². The highest BCUT2D eigenvalue weighted by Crippen LogP contribution is 2.47. The lowest BCUT2D eigenvalue weighted by Crippen LogP contribution is -2.35. The van der Waals surface area contributed by atoms with Gasteiger partial charge in [-0.3, -0.25) is 0 Å². The Morgan fingerprint density at radius 1 is 1.32 bits per heavy atom. The molecular weight excluding hydrogens is 318 g/mol. The number of fused-ring (bicyclic) bond motifs is 2. The van der Waals surface area contributed by atoms with Gasteiger partial charge in [0.2, 0.25) is 0 Å². The minimum atomic E-state index is -0.555. The Kier molecular flexibility index (Phi) is 3.97. The van der Waals surface area contributed by atoms with Crippen LogP contribution in [0.25, 0.3) is 11.0 Å². The van der Waals surface area contributed by atoms with E-state index in [0.29, 0.717) is 17.8 Å². The fourth-order valence-corrected chi connectivity index (χ4v) is 4.17. The van der Waals surface area contributed by atoms with E-state index in [2.05, 4.69) is 33.7 Å². The molecule has 3 N–H and O–H groups in total. The van der Waals surface area contributed by atoms with Gasteiger partial charge in [0.1, 0.15) is 23.9 Å². The third-order valence-corrected chi connectivity index (χ3v) is 5.24. The topological polar surface area (TPSA) is 87.2 Å². The molecule has 2 fully saturated rings. The Morgan fingerprint density at radius 2 is 2.08 bits per heavy atom. The van der Waals surface area contributed by atoms with E-state index in [0.717, 1.165) is 24.0 Å². The van der Waals surface area contributed by atoms with Crippen LogP contribution in [0.2, 0.25) is 0 Å². The first-order valence-corrected chi connectivity index (χ1v) is 9.02. The molecular formula is C18H27N5O2. The maximum absolute atomic E-state index is 6.28. The molecule has 2 aliphatic rings. The Hall–Kier alpha value is -1.70. The number of hydrogen-bond donors (Lipinski definition) is 2. The Labute approximate surface area is 147 Å².